The van der Waals surface area contributed by atoms with Crippen LogP contribution in [-0.4, -0.2) is 28.0 Å². The van der Waals surface area contributed by atoms with Gasteiger partial charge in [-0.15, -0.1) is 0 Å². The number of aromatic nitrogens is 2. The monoisotopic (exact) mass is 170 g/mol. The first-order valence-corrected chi connectivity index (χ1v) is 3.45. The Labute approximate surface area is 69.6 Å². The van der Waals surface area contributed by atoms with E-state index in [0.717, 1.165) is 5.69 Å². The predicted molar refractivity (Wildman–Crippen MR) is 40.6 cm³/mol. The number of carboxylic acids is 1. The Bertz CT molecular complexity index is 269. The van der Waals surface area contributed by atoms with E-state index in [1.165, 1.54) is 4.68 Å². The van der Waals surface area contributed by atoms with Crippen LogP contribution >= 0.6 is 0 Å². The maximum Gasteiger partial charge on any atom is 0.325 e. The van der Waals surface area contributed by atoms with E-state index in [0.29, 0.717) is 6.61 Å². The highest BCUT2D eigenvalue weighted by Crippen LogP contribution is 1.96. The molecule has 5 heteroatoms. The van der Waals surface area contributed by atoms with Crippen molar-refractivity contribution in [3.8, 4) is 0 Å². The molecule has 12 heavy (non-hydrogen) atoms. The molecule has 0 aliphatic heterocycles. The van der Waals surface area contributed by atoms with Crippen molar-refractivity contribution in [1.82, 2.24) is 9.78 Å². The SMILES string of the molecule is COCc1ccn(CC(=O)O)n1. The Hall–Kier alpha value is -1.36. The molecule has 0 atom stereocenters. The summed E-state index contributed by atoms with van der Waals surface area (Å²) in [5.74, 6) is -0.901. The second kappa shape index (κ2) is 3.87. The lowest BCUT2D eigenvalue weighted by molar-refractivity contribution is -0.137. The summed E-state index contributed by atoms with van der Waals surface area (Å²) >= 11 is 0. The average Bonchev–Trinajstić information content (AvgIpc) is 2.36. The molecule has 0 saturated carbocycles. The largest absolute Gasteiger partial charge is 0.480 e. The summed E-state index contributed by atoms with van der Waals surface area (Å²) in [7, 11) is 1.57. The van der Waals surface area contributed by atoms with E-state index < -0.39 is 5.97 Å². The van der Waals surface area contributed by atoms with Crippen molar-refractivity contribution in [1.29, 1.82) is 0 Å². The molecule has 0 saturated heterocycles. The van der Waals surface area contributed by atoms with E-state index in [1.807, 2.05) is 0 Å². The number of nitrogens with zero attached hydrogens (tertiary/aromatic N) is 2. The molecule has 0 aliphatic carbocycles. The van der Waals surface area contributed by atoms with Gasteiger partial charge in [-0.25, -0.2) is 0 Å². The lowest BCUT2D eigenvalue weighted by Gasteiger charge is -1.94. The fourth-order valence-electron chi connectivity index (χ4n) is 0.855. The molecular formula is C7H10N2O3. The summed E-state index contributed by atoms with van der Waals surface area (Å²) in [5.41, 5.74) is 0.735. The Morgan fingerprint density at radius 1 is 1.83 bits per heavy atom. The van der Waals surface area contributed by atoms with Crippen LogP contribution in [0.25, 0.3) is 0 Å². The quantitative estimate of drug-likeness (QED) is 0.696. The van der Waals surface area contributed by atoms with Gasteiger partial charge in [-0.05, 0) is 6.07 Å². The van der Waals surface area contributed by atoms with E-state index in [9.17, 15) is 4.79 Å². The van der Waals surface area contributed by atoms with Gasteiger partial charge in [0.15, 0.2) is 0 Å². The molecule has 1 aromatic heterocycles. The summed E-state index contributed by atoms with van der Waals surface area (Å²) < 4.78 is 6.18. The van der Waals surface area contributed by atoms with Crippen LogP contribution in [0.5, 0.6) is 0 Å². The van der Waals surface area contributed by atoms with Gasteiger partial charge in [0.2, 0.25) is 0 Å². The molecule has 0 amide bonds. The molecule has 0 fully saturated rings. The maximum atomic E-state index is 10.2. The molecule has 1 N–H and O–H groups in total. The van der Waals surface area contributed by atoms with E-state index >= 15 is 0 Å². The minimum atomic E-state index is -0.901. The van der Waals surface area contributed by atoms with E-state index in [2.05, 4.69) is 5.10 Å². The normalized spacial score (nSPS) is 10.1. The Morgan fingerprint density at radius 3 is 3.17 bits per heavy atom. The zero-order valence-electron chi connectivity index (χ0n) is 6.73. The van der Waals surface area contributed by atoms with Crippen molar-refractivity contribution >= 4 is 5.97 Å². The highest BCUT2D eigenvalue weighted by atomic mass is 16.5. The van der Waals surface area contributed by atoms with Crippen LogP contribution in [-0.2, 0) is 22.7 Å². The molecular weight excluding hydrogens is 160 g/mol. The number of hydrogen-bond acceptors (Lipinski definition) is 3. The van der Waals surface area contributed by atoms with Crippen LogP contribution in [0.4, 0.5) is 0 Å². The first-order valence-electron chi connectivity index (χ1n) is 3.45. The van der Waals surface area contributed by atoms with Gasteiger partial charge in [-0.3, -0.25) is 9.48 Å². The summed E-state index contributed by atoms with van der Waals surface area (Å²) in [4.78, 5) is 10.2. The summed E-state index contributed by atoms with van der Waals surface area (Å²) in [6, 6.07) is 1.73. The molecule has 0 bridgehead atoms. The zero-order valence-corrected chi connectivity index (χ0v) is 6.73. The first kappa shape index (κ1) is 8.73. The van der Waals surface area contributed by atoms with Crippen LogP contribution in [0, 0.1) is 0 Å². The van der Waals surface area contributed by atoms with Gasteiger partial charge in [0, 0.05) is 13.3 Å². The van der Waals surface area contributed by atoms with Gasteiger partial charge in [-0.1, -0.05) is 0 Å². The lowest BCUT2D eigenvalue weighted by Crippen LogP contribution is -2.09. The van der Waals surface area contributed by atoms with E-state index in [-0.39, 0.29) is 6.54 Å². The van der Waals surface area contributed by atoms with E-state index in [4.69, 9.17) is 9.84 Å². The Balaban J connectivity index is 2.58. The van der Waals surface area contributed by atoms with Crippen LogP contribution < -0.4 is 0 Å². The molecule has 1 heterocycles. The fourth-order valence-corrected chi connectivity index (χ4v) is 0.855. The third-order valence-corrected chi connectivity index (χ3v) is 1.29. The predicted octanol–water partition coefficient (Wildman–Crippen LogP) is 0.114. The number of methoxy groups -OCH3 is 1. The minimum absolute atomic E-state index is 0.107. The highest BCUT2D eigenvalue weighted by Gasteiger charge is 2.01. The van der Waals surface area contributed by atoms with Crippen molar-refractivity contribution in [3.63, 3.8) is 0 Å². The van der Waals surface area contributed by atoms with Gasteiger partial charge >= 0.3 is 5.97 Å². The molecule has 0 spiro atoms. The molecule has 5 nitrogen and oxygen atoms in total. The molecule has 0 radical (unpaired) electrons. The third kappa shape index (κ3) is 2.35. The van der Waals surface area contributed by atoms with Gasteiger partial charge in [-0.2, -0.15) is 5.10 Å². The number of hydrogen-bond donors (Lipinski definition) is 1. The standard InChI is InChI=1S/C7H10N2O3/c1-12-5-6-2-3-9(8-6)4-7(10)11/h2-3H,4-5H2,1H3,(H,10,11). The molecule has 0 unspecified atom stereocenters. The van der Waals surface area contributed by atoms with Crippen molar-refractivity contribution in [3.05, 3.63) is 18.0 Å². The Morgan fingerprint density at radius 2 is 2.58 bits per heavy atom. The number of aliphatic carboxylic acids is 1. The summed E-state index contributed by atoms with van der Waals surface area (Å²) in [6.45, 7) is 0.302. The van der Waals surface area contributed by atoms with Crippen molar-refractivity contribution in [2.24, 2.45) is 0 Å². The second-order valence-corrected chi connectivity index (χ2v) is 2.33. The van der Waals surface area contributed by atoms with Crippen LogP contribution in [0.1, 0.15) is 5.69 Å². The molecule has 66 valence electrons. The van der Waals surface area contributed by atoms with Gasteiger partial charge in [0.1, 0.15) is 6.54 Å². The van der Waals surface area contributed by atoms with Crippen molar-refractivity contribution in [2.45, 2.75) is 13.2 Å². The summed E-state index contributed by atoms with van der Waals surface area (Å²) in [5, 5.41) is 12.4. The Kier molecular flexibility index (Phi) is 2.82. The number of carboxylic acid groups (broad SMARTS) is 1. The lowest BCUT2D eigenvalue weighted by atomic mass is 10.5. The average molecular weight is 170 g/mol. The van der Waals surface area contributed by atoms with Crippen molar-refractivity contribution < 1.29 is 14.6 Å². The summed E-state index contributed by atoms with van der Waals surface area (Å²) in [6.07, 6.45) is 1.61. The van der Waals surface area contributed by atoms with Gasteiger partial charge in [0.25, 0.3) is 0 Å². The topological polar surface area (TPSA) is 64.3 Å². The highest BCUT2D eigenvalue weighted by molar-refractivity contribution is 5.66. The smallest absolute Gasteiger partial charge is 0.325 e. The number of rotatable bonds is 4. The van der Waals surface area contributed by atoms with E-state index in [1.54, 1.807) is 19.4 Å². The number of carbonyl (C=O) groups is 1. The third-order valence-electron chi connectivity index (χ3n) is 1.29. The fraction of sp³-hybridized carbons (Fsp3) is 0.429. The number of ether oxygens (including phenoxy) is 1. The zero-order chi connectivity index (χ0) is 8.97. The van der Waals surface area contributed by atoms with Crippen molar-refractivity contribution in [2.75, 3.05) is 7.11 Å². The second-order valence-electron chi connectivity index (χ2n) is 2.33. The maximum absolute atomic E-state index is 10.2. The molecule has 0 aromatic carbocycles. The van der Waals surface area contributed by atoms with Crippen LogP contribution in [0.15, 0.2) is 12.3 Å². The van der Waals surface area contributed by atoms with Crippen LogP contribution in [0.3, 0.4) is 0 Å². The van der Waals surface area contributed by atoms with Gasteiger partial charge in [0.05, 0.1) is 12.3 Å². The first-order chi connectivity index (χ1) is 5.72. The minimum Gasteiger partial charge on any atom is -0.480 e. The van der Waals surface area contributed by atoms with Gasteiger partial charge < -0.3 is 9.84 Å². The molecule has 0 aliphatic rings. The van der Waals surface area contributed by atoms with Crippen LogP contribution in [0.2, 0.25) is 0 Å². The molecule has 1 rings (SSSR count). The molecule has 1 aromatic rings.